The molecule has 1 fully saturated rings. The maximum atomic E-state index is 12.3. The van der Waals surface area contributed by atoms with Crippen molar-refractivity contribution in [1.29, 1.82) is 0 Å². The highest BCUT2D eigenvalue weighted by molar-refractivity contribution is 7.19. The maximum absolute atomic E-state index is 12.3. The van der Waals surface area contributed by atoms with Crippen molar-refractivity contribution in [3.05, 3.63) is 32.8 Å². The Labute approximate surface area is 170 Å². The number of hydrogen-bond donors (Lipinski definition) is 1. The molecule has 154 valence electrons. The number of hydrogen-bond acceptors (Lipinski definition) is 8. The first kappa shape index (κ1) is 19.4. The summed E-state index contributed by atoms with van der Waals surface area (Å²) in [7, 11) is 0. The molecule has 0 amide bonds. The monoisotopic (exact) mass is 418 g/mol. The highest BCUT2D eigenvalue weighted by Crippen LogP contribution is 2.37. The van der Waals surface area contributed by atoms with Crippen molar-refractivity contribution in [3.63, 3.8) is 0 Å². The topological polar surface area (TPSA) is 112 Å². The van der Waals surface area contributed by atoms with Crippen LogP contribution in [0.2, 0.25) is 0 Å². The van der Waals surface area contributed by atoms with E-state index in [0.717, 1.165) is 31.4 Å². The number of esters is 1. The standard InChI is InChI=1S/C19H22N4O5S/c1-3-27-18(24)16-11(2)22-17(20-12-7-5-4-6-8-12)15(21-19(22)29-16)13-9-10-14(28-13)23(25)26/h9-10,12,20H,3-8H2,1-2H3. The number of rotatable bonds is 6. The lowest BCUT2D eigenvalue weighted by Crippen LogP contribution is -2.23. The van der Waals surface area contributed by atoms with Crippen LogP contribution in [0.1, 0.15) is 54.4 Å². The second-order valence-corrected chi connectivity index (χ2v) is 8.02. The minimum atomic E-state index is -0.569. The number of anilines is 1. The Bertz CT molecular complexity index is 1060. The average Bonchev–Trinajstić information content (AvgIpc) is 3.39. The fourth-order valence-electron chi connectivity index (χ4n) is 3.73. The van der Waals surface area contributed by atoms with Gasteiger partial charge in [0.05, 0.1) is 12.7 Å². The molecule has 0 atom stereocenters. The van der Waals surface area contributed by atoms with E-state index in [4.69, 9.17) is 9.15 Å². The minimum Gasteiger partial charge on any atom is -0.462 e. The molecular formula is C19H22N4O5S. The van der Waals surface area contributed by atoms with E-state index in [1.54, 1.807) is 13.0 Å². The van der Waals surface area contributed by atoms with Gasteiger partial charge in [0, 0.05) is 11.7 Å². The molecule has 3 aromatic rings. The molecule has 1 saturated carbocycles. The molecule has 0 saturated heterocycles. The Morgan fingerprint density at radius 1 is 1.41 bits per heavy atom. The third-order valence-electron chi connectivity index (χ3n) is 5.12. The van der Waals surface area contributed by atoms with E-state index in [2.05, 4.69) is 10.3 Å². The lowest BCUT2D eigenvalue weighted by atomic mass is 9.95. The van der Waals surface area contributed by atoms with Gasteiger partial charge in [0.1, 0.15) is 15.6 Å². The predicted molar refractivity (Wildman–Crippen MR) is 109 cm³/mol. The lowest BCUT2D eigenvalue weighted by molar-refractivity contribution is -0.401. The van der Waals surface area contributed by atoms with Gasteiger partial charge in [-0.1, -0.05) is 30.6 Å². The molecule has 0 aliphatic heterocycles. The van der Waals surface area contributed by atoms with Gasteiger partial charge in [0.15, 0.2) is 16.4 Å². The van der Waals surface area contributed by atoms with Gasteiger partial charge in [-0.2, -0.15) is 0 Å². The number of nitro groups is 1. The fraction of sp³-hybridized carbons (Fsp3) is 0.474. The number of nitrogens with zero attached hydrogens (tertiary/aromatic N) is 3. The number of carbonyl (C=O) groups is 1. The van der Waals surface area contributed by atoms with Crippen molar-refractivity contribution in [1.82, 2.24) is 9.38 Å². The zero-order chi connectivity index (χ0) is 20.5. The third-order valence-corrected chi connectivity index (χ3v) is 6.24. The summed E-state index contributed by atoms with van der Waals surface area (Å²) in [5, 5.41) is 14.6. The van der Waals surface area contributed by atoms with Crippen molar-refractivity contribution in [2.45, 2.75) is 52.0 Å². The Balaban J connectivity index is 1.82. The number of aryl methyl sites for hydroxylation is 1. The van der Waals surface area contributed by atoms with Gasteiger partial charge in [0.25, 0.3) is 0 Å². The van der Waals surface area contributed by atoms with Gasteiger partial charge < -0.3 is 14.5 Å². The van der Waals surface area contributed by atoms with Crippen molar-refractivity contribution in [2.75, 3.05) is 11.9 Å². The lowest BCUT2D eigenvalue weighted by Gasteiger charge is -2.24. The Kier molecular flexibility index (Phi) is 5.27. The van der Waals surface area contributed by atoms with Crippen molar-refractivity contribution in [3.8, 4) is 11.5 Å². The van der Waals surface area contributed by atoms with Gasteiger partial charge in [0.2, 0.25) is 0 Å². The van der Waals surface area contributed by atoms with Crippen LogP contribution in [0, 0.1) is 17.0 Å². The van der Waals surface area contributed by atoms with Crippen LogP contribution < -0.4 is 5.32 Å². The molecule has 1 aliphatic rings. The Morgan fingerprint density at radius 3 is 2.83 bits per heavy atom. The molecule has 3 aromatic heterocycles. The smallest absolute Gasteiger partial charge is 0.433 e. The van der Waals surface area contributed by atoms with Gasteiger partial charge >= 0.3 is 11.9 Å². The molecule has 1 N–H and O–H groups in total. The summed E-state index contributed by atoms with van der Waals surface area (Å²) in [6.07, 6.45) is 5.61. The Morgan fingerprint density at radius 2 is 2.17 bits per heavy atom. The quantitative estimate of drug-likeness (QED) is 0.348. The summed E-state index contributed by atoms with van der Waals surface area (Å²) in [6.45, 7) is 3.91. The van der Waals surface area contributed by atoms with E-state index < -0.39 is 4.92 Å². The van der Waals surface area contributed by atoms with E-state index in [1.165, 1.54) is 23.8 Å². The highest BCUT2D eigenvalue weighted by Gasteiger charge is 2.27. The molecule has 0 bridgehead atoms. The van der Waals surface area contributed by atoms with Crippen LogP contribution in [0.15, 0.2) is 16.5 Å². The van der Waals surface area contributed by atoms with Gasteiger partial charge in [-0.15, -0.1) is 0 Å². The number of imidazole rings is 1. The molecule has 10 heteroatoms. The van der Waals surface area contributed by atoms with Crippen LogP contribution in [0.25, 0.3) is 16.4 Å². The van der Waals surface area contributed by atoms with Crippen molar-refractivity contribution in [2.24, 2.45) is 0 Å². The largest absolute Gasteiger partial charge is 0.462 e. The van der Waals surface area contributed by atoms with Crippen LogP contribution in [0.5, 0.6) is 0 Å². The van der Waals surface area contributed by atoms with Gasteiger partial charge in [-0.25, -0.2) is 9.78 Å². The van der Waals surface area contributed by atoms with E-state index in [1.807, 2.05) is 11.3 Å². The molecule has 0 spiro atoms. The summed E-state index contributed by atoms with van der Waals surface area (Å²) in [4.78, 5) is 28.5. The summed E-state index contributed by atoms with van der Waals surface area (Å²) >= 11 is 1.24. The Hall–Kier alpha value is -2.88. The number of thiazole rings is 1. The van der Waals surface area contributed by atoms with E-state index in [-0.39, 0.29) is 17.9 Å². The van der Waals surface area contributed by atoms with Crippen LogP contribution in [-0.2, 0) is 4.74 Å². The summed E-state index contributed by atoms with van der Waals surface area (Å²) in [5.74, 6) is 0.312. The molecule has 0 unspecified atom stereocenters. The fourth-order valence-corrected chi connectivity index (χ4v) is 4.75. The number of carbonyl (C=O) groups excluding carboxylic acids is 1. The molecule has 29 heavy (non-hydrogen) atoms. The van der Waals surface area contributed by atoms with Crippen molar-refractivity contribution >= 4 is 34.0 Å². The maximum Gasteiger partial charge on any atom is 0.433 e. The number of nitrogens with one attached hydrogen (secondary N) is 1. The van der Waals surface area contributed by atoms with Crippen LogP contribution in [0.4, 0.5) is 11.7 Å². The third kappa shape index (κ3) is 3.59. The number of fused-ring (bicyclic) bond motifs is 1. The second kappa shape index (κ2) is 7.86. The zero-order valence-electron chi connectivity index (χ0n) is 16.3. The summed E-state index contributed by atoms with van der Waals surface area (Å²) in [6, 6.07) is 3.15. The summed E-state index contributed by atoms with van der Waals surface area (Å²) in [5.41, 5.74) is 1.23. The SMILES string of the molecule is CCOC(=O)c1sc2nc(-c3ccc([N+](=O)[O-])o3)c(NC3CCCCC3)n2c1C. The van der Waals surface area contributed by atoms with Gasteiger partial charge in [-0.05, 0) is 32.8 Å². The second-order valence-electron chi connectivity index (χ2n) is 7.04. The molecule has 4 rings (SSSR count). The van der Waals surface area contributed by atoms with Crippen LogP contribution >= 0.6 is 11.3 Å². The molecular weight excluding hydrogens is 396 g/mol. The first-order valence-electron chi connectivity index (χ1n) is 9.69. The molecule has 0 radical (unpaired) electrons. The van der Waals surface area contributed by atoms with E-state index in [9.17, 15) is 14.9 Å². The highest BCUT2D eigenvalue weighted by atomic mass is 32.1. The predicted octanol–water partition coefficient (Wildman–Crippen LogP) is 4.79. The van der Waals surface area contributed by atoms with Crippen molar-refractivity contribution < 1.29 is 18.9 Å². The van der Waals surface area contributed by atoms with E-state index >= 15 is 0 Å². The minimum absolute atomic E-state index is 0.276. The molecule has 3 heterocycles. The molecule has 9 nitrogen and oxygen atoms in total. The first-order valence-corrected chi connectivity index (χ1v) is 10.5. The van der Waals surface area contributed by atoms with Crippen LogP contribution in [0.3, 0.4) is 0 Å². The van der Waals surface area contributed by atoms with Gasteiger partial charge in [-0.3, -0.25) is 14.5 Å². The van der Waals surface area contributed by atoms with Crippen LogP contribution in [-0.4, -0.2) is 32.9 Å². The van der Waals surface area contributed by atoms with E-state index in [0.29, 0.717) is 33.7 Å². The molecule has 0 aromatic carbocycles. The number of furan rings is 1. The zero-order valence-corrected chi connectivity index (χ0v) is 17.1. The summed E-state index contributed by atoms with van der Waals surface area (Å²) < 4.78 is 12.5. The number of ether oxygens (including phenoxy) is 1. The average molecular weight is 418 g/mol. The first-order chi connectivity index (χ1) is 14.0. The molecule has 1 aliphatic carbocycles. The normalized spacial score (nSPS) is 15.0. The number of aromatic nitrogens is 2.